The number of hydrogen-bond acceptors (Lipinski definition) is 5. The zero-order valence-corrected chi connectivity index (χ0v) is 11.3. The molecule has 0 unspecified atom stereocenters. The Labute approximate surface area is 116 Å². The summed E-state index contributed by atoms with van der Waals surface area (Å²) in [4.78, 5) is 20.9. The van der Waals surface area contributed by atoms with Gasteiger partial charge in [-0.3, -0.25) is 0 Å². The molecule has 104 valence electrons. The molecule has 0 bridgehead atoms. The quantitative estimate of drug-likeness (QED) is 0.901. The molecule has 20 heavy (non-hydrogen) atoms. The van der Waals surface area contributed by atoms with Crippen molar-refractivity contribution in [3.05, 3.63) is 42.2 Å². The van der Waals surface area contributed by atoms with Gasteiger partial charge < -0.3 is 14.7 Å². The minimum atomic E-state index is -1.14. The second-order valence-electron chi connectivity index (χ2n) is 4.12. The molecule has 6 nitrogen and oxygen atoms in total. The van der Waals surface area contributed by atoms with Gasteiger partial charge in [-0.05, 0) is 19.1 Å². The van der Waals surface area contributed by atoms with Gasteiger partial charge in [0.25, 0.3) is 5.88 Å². The Morgan fingerprint density at radius 3 is 2.65 bits per heavy atom. The second kappa shape index (κ2) is 6.01. The molecule has 0 atom stereocenters. The van der Waals surface area contributed by atoms with Crippen LogP contribution in [0.3, 0.4) is 0 Å². The molecule has 6 heteroatoms. The lowest BCUT2D eigenvalue weighted by molar-refractivity contribution is 0.0689. The van der Waals surface area contributed by atoms with Crippen molar-refractivity contribution in [3.63, 3.8) is 0 Å². The number of aromatic nitrogens is 2. The normalized spacial score (nSPS) is 10.1. The van der Waals surface area contributed by atoms with Gasteiger partial charge in [0.1, 0.15) is 5.75 Å². The van der Waals surface area contributed by atoms with E-state index in [2.05, 4.69) is 9.97 Å². The third-order valence-corrected chi connectivity index (χ3v) is 2.74. The third-order valence-electron chi connectivity index (χ3n) is 2.74. The summed E-state index contributed by atoms with van der Waals surface area (Å²) in [5.41, 5.74) is -0.149. The zero-order chi connectivity index (χ0) is 14.5. The predicted octanol–water partition coefficient (Wildman–Crippen LogP) is 2.42. The summed E-state index contributed by atoms with van der Waals surface area (Å²) in [6.07, 6.45) is 1.22. The van der Waals surface area contributed by atoms with E-state index in [1.807, 2.05) is 37.1 Å². The number of aromatic carboxylic acids is 1. The van der Waals surface area contributed by atoms with Crippen LogP contribution >= 0.6 is 0 Å². The molecule has 0 radical (unpaired) electrons. The second-order valence-corrected chi connectivity index (χ2v) is 4.12. The maximum Gasteiger partial charge on any atom is 0.356 e. The predicted molar refractivity (Wildman–Crippen MR) is 74.5 cm³/mol. The molecular formula is C14H15N3O3. The molecule has 0 spiro atoms. The minimum absolute atomic E-state index is 0.149. The monoisotopic (exact) mass is 273 g/mol. The standard InChI is InChI=1S/C14H15N3O3/c1-3-17(2)12-13(16-11(9-15-12)14(18)19)20-10-7-5-4-6-8-10/h4-9H,3H2,1-2H3,(H,18,19). The van der Waals surface area contributed by atoms with Gasteiger partial charge in [0.2, 0.25) is 0 Å². The van der Waals surface area contributed by atoms with Gasteiger partial charge in [-0.25, -0.2) is 14.8 Å². The summed E-state index contributed by atoms with van der Waals surface area (Å²) in [6, 6.07) is 9.06. The number of carboxylic acids is 1. The average Bonchev–Trinajstić information content (AvgIpc) is 2.47. The van der Waals surface area contributed by atoms with Crippen molar-refractivity contribution in [3.8, 4) is 11.6 Å². The molecule has 0 aliphatic heterocycles. The zero-order valence-electron chi connectivity index (χ0n) is 11.3. The Kier molecular flexibility index (Phi) is 4.14. The van der Waals surface area contributed by atoms with Gasteiger partial charge in [0.15, 0.2) is 11.5 Å². The van der Waals surface area contributed by atoms with Crippen LogP contribution in [0.15, 0.2) is 36.5 Å². The van der Waals surface area contributed by atoms with Crippen molar-refractivity contribution < 1.29 is 14.6 Å². The molecule has 1 heterocycles. The number of nitrogens with zero attached hydrogens (tertiary/aromatic N) is 3. The van der Waals surface area contributed by atoms with E-state index in [-0.39, 0.29) is 11.6 Å². The first-order valence-corrected chi connectivity index (χ1v) is 6.16. The van der Waals surface area contributed by atoms with E-state index in [1.54, 1.807) is 12.1 Å². The van der Waals surface area contributed by atoms with Crippen LogP contribution in [0.25, 0.3) is 0 Å². The van der Waals surface area contributed by atoms with Crippen LogP contribution in [0.5, 0.6) is 11.6 Å². The van der Waals surface area contributed by atoms with Crippen molar-refractivity contribution in [2.24, 2.45) is 0 Å². The Morgan fingerprint density at radius 2 is 2.05 bits per heavy atom. The highest BCUT2D eigenvalue weighted by Crippen LogP contribution is 2.27. The van der Waals surface area contributed by atoms with Gasteiger partial charge in [0.05, 0.1) is 6.20 Å². The van der Waals surface area contributed by atoms with Crippen molar-refractivity contribution in [2.75, 3.05) is 18.5 Å². The van der Waals surface area contributed by atoms with Gasteiger partial charge >= 0.3 is 5.97 Å². The summed E-state index contributed by atoms with van der Waals surface area (Å²) in [6.45, 7) is 2.66. The van der Waals surface area contributed by atoms with Crippen LogP contribution in [0.2, 0.25) is 0 Å². The topological polar surface area (TPSA) is 75.6 Å². The number of para-hydroxylation sites is 1. The van der Waals surface area contributed by atoms with Gasteiger partial charge in [-0.1, -0.05) is 18.2 Å². The Hall–Kier alpha value is -2.63. The first-order chi connectivity index (χ1) is 9.61. The van der Waals surface area contributed by atoms with Crippen LogP contribution in [0.4, 0.5) is 5.82 Å². The molecular weight excluding hydrogens is 258 g/mol. The van der Waals surface area contributed by atoms with Gasteiger partial charge in [-0.2, -0.15) is 0 Å². The first kappa shape index (κ1) is 13.8. The fraction of sp³-hybridized carbons (Fsp3) is 0.214. The summed E-state index contributed by atoms with van der Waals surface area (Å²) >= 11 is 0. The molecule has 1 N–H and O–H groups in total. The van der Waals surface area contributed by atoms with Gasteiger partial charge in [0, 0.05) is 13.6 Å². The Bertz CT molecular complexity index is 602. The smallest absolute Gasteiger partial charge is 0.356 e. The molecule has 1 aromatic heterocycles. The van der Waals surface area contributed by atoms with Crippen LogP contribution < -0.4 is 9.64 Å². The summed E-state index contributed by atoms with van der Waals surface area (Å²) < 4.78 is 5.64. The highest BCUT2D eigenvalue weighted by atomic mass is 16.5. The van der Waals surface area contributed by atoms with E-state index in [0.717, 1.165) is 0 Å². The molecule has 2 rings (SSSR count). The van der Waals surface area contributed by atoms with E-state index >= 15 is 0 Å². The summed E-state index contributed by atoms with van der Waals surface area (Å²) in [5, 5.41) is 8.99. The summed E-state index contributed by atoms with van der Waals surface area (Å²) in [5.74, 6) is 0.123. The fourth-order valence-corrected chi connectivity index (χ4v) is 1.55. The first-order valence-electron chi connectivity index (χ1n) is 6.16. The molecule has 0 aliphatic carbocycles. The number of carbonyl (C=O) groups is 1. The van der Waals surface area contributed by atoms with Crippen LogP contribution in [0, 0.1) is 0 Å². The highest BCUT2D eigenvalue weighted by molar-refractivity contribution is 5.85. The Balaban J connectivity index is 2.41. The van der Waals surface area contributed by atoms with E-state index in [0.29, 0.717) is 18.1 Å². The highest BCUT2D eigenvalue weighted by Gasteiger charge is 2.16. The van der Waals surface area contributed by atoms with Crippen molar-refractivity contribution in [1.82, 2.24) is 9.97 Å². The summed E-state index contributed by atoms with van der Waals surface area (Å²) in [7, 11) is 1.84. The van der Waals surface area contributed by atoms with Crippen molar-refractivity contribution in [1.29, 1.82) is 0 Å². The largest absolute Gasteiger partial charge is 0.476 e. The Morgan fingerprint density at radius 1 is 1.35 bits per heavy atom. The number of anilines is 1. The van der Waals surface area contributed by atoms with Crippen LogP contribution in [0.1, 0.15) is 17.4 Å². The number of hydrogen-bond donors (Lipinski definition) is 1. The maximum atomic E-state index is 11.0. The maximum absolute atomic E-state index is 11.0. The van der Waals surface area contributed by atoms with E-state index in [1.165, 1.54) is 6.20 Å². The lowest BCUT2D eigenvalue weighted by atomic mass is 10.3. The molecule has 1 aromatic carbocycles. The number of carboxylic acid groups (broad SMARTS) is 1. The number of rotatable bonds is 5. The van der Waals surface area contributed by atoms with E-state index < -0.39 is 5.97 Å². The van der Waals surface area contributed by atoms with Crippen LogP contribution in [-0.4, -0.2) is 34.6 Å². The molecule has 0 saturated heterocycles. The average molecular weight is 273 g/mol. The van der Waals surface area contributed by atoms with Crippen molar-refractivity contribution >= 4 is 11.8 Å². The lowest BCUT2D eigenvalue weighted by Crippen LogP contribution is -2.19. The molecule has 0 amide bonds. The lowest BCUT2D eigenvalue weighted by Gasteiger charge is -2.18. The SMILES string of the molecule is CCN(C)c1ncc(C(=O)O)nc1Oc1ccccc1. The molecule has 0 saturated carbocycles. The number of ether oxygens (including phenoxy) is 1. The van der Waals surface area contributed by atoms with Gasteiger partial charge in [-0.15, -0.1) is 0 Å². The molecule has 2 aromatic rings. The molecule has 0 fully saturated rings. The fourth-order valence-electron chi connectivity index (χ4n) is 1.55. The van der Waals surface area contributed by atoms with Crippen molar-refractivity contribution in [2.45, 2.75) is 6.92 Å². The minimum Gasteiger partial charge on any atom is -0.476 e. The number of benzene rings is 1. The van der Waals surface area contributed by atoms with E-state index in [9.17, 15) is 4.79 Å². The van der Waals surface area contributed by atoms with Crippen LogP contribution in [-0.2, 0) is 0 Å². The third kappa shape index (κ3) is 3.03. The van der Waals surface area contributed by atoms with E-state index in [4.69, 9.17) is 9.84 Å². The molecule has 0 aliphatic rings.